The standard InChI is InChI=1S/C17H16N2O/c1-18(2)16-15(13-9-5-3-6-10-13)17(20)19(16)14-11-7-4-8-12-14/h3-12H,1-2H3. The molecule has 0 fully saturated rings. The summed E-state index contributed by atoms with van der Waals surface area (Å²) in [6.45, 7) is 0. The van der Waals surface area contributed by atoms with Crippen LogP contribution >= 0.6 is 0 Å². The summed E-state index contributed by atoms with van der Waals surface area (Å²) in [6.07, 6.45) is 0. The van der Waals surface area contributed by atoms with Crippen LogP contribution in [0.4, 0.5) is 5.69 Å². The lowest BCUT2D eigenvalue weighted by atomic mass is 9.97. The van der Waals surface area contributed by atoms with E-state index in [0.717, 1.165) is 22.6 Å². The van der Waals surface area contributed by atoms with E-state index in [4.69, 9.17) is 0 Å². The van der Waals surface area contributed by atoms with Crippen molar-refractivity contribution in [2.45, 2.75) is 0 Å². The van der Waals surface area contributed by atoms with Gasteiger partial charge in [0, 0.05) is 14.1 Å². The quantitative estimate of drug-likeness (QED) is 0.851. The molecule has 0 aliphatic carbocycles. The van der Waals surface area contributed by atoms with Gasteiger partial charge in [-0.05, 0) is 17.7 Å². The molecule has 0 unspecified atom stereocenters. The van der Waals surface area contributed by atoms with Crippen LogP contribution < -0.4 is 4.90 Å². The van der Waals surface area contributed by atoms with Gasteiger partial charge in [-0.2, -0.15) is 0 Å². The number of carbonyl (C=O) groups excluding carboxylic acids is 1. The minimum Gasteiger partial charge on any atom is -0.363 e. The highest BCUT2D eigenvalue weighted by Gasteiger charge is 2.39. The molecule has 0 saturated heterocycles. The van der Waals surface area contributed by atoms with Gasteiger partial charge in [0.15, 0.2) is 0 Å². The Morgan fingerprint density at radius 1 is 0.850 bits per heavy atom. The third-order valence-electron chi connectivity index (χ3n) is 3.35. The summed E-state index contributed by atoms with van der Waals surface area (Å²) in [7, 11) is 3.92. The molecule has 1 amide bonds. The van der Waals surface area contributed by atoms with Crippen molar-refractivity contribution in [3.8, 4) is 0 Å². The first-order valence-corrected chi connectivity index (χ1v) is 6.56. The summed E-state index contributed by atoms with van der Waals surface area (Å²) in [5.74, 6) is 0.985. The second kappa shape index (κ2) is 4.85. The summed E-state index contributed by atoms with van der Waals surface area (Å²) in [5.41, 5.74) is 2.65. The summed E-state index contributed by atoms with van der Waals surface area (Å²) in [4.78, 5) is 16.3. The fraction of sp³-hybridized carbons (Fsp3) is 0.118. The lowest BCUT2D eigenvalue weighted by Gasteiger charge is -2.40. The summed E-state index contributed by atoms with van der Waals surface area (Å²) in [6, 6.07) is 19.5. The number of rotatable bonds is 3. The van der Waals surface area contributed by atoms with Gasteiger partial charge in [0.05, 0.1) is 11.3 Å². The third-order valence-corrected chi connectivity index (χ3v) is 3.35. The number of hydrogen-bond donors (Lipinski definition) is 0. The molecule has 0 bridgehead atoms. The van der Waals surface area contributed by atoms with Crippen molar-refractivity contribution >= 4 is 17.2 Å². The van der Waals surface area contributed by atoms with Gasteiger partial charge in [-0.15, -0.1) is 0 Å². The van der Waals surface area contributed by atoms with Gasteiger partial charge < -0.3 is 4.90 Å². The highest BCUT2D eigenvalue weighted by molar-refractivity contribution is 6.35. The molecule has 0 radical (unpaired) electrons. The van der Waals surface area contributed by atoms with Crippen LogP contribution in [0.5, 0.6) is 0 Å². The van der Waals surface area contributed by atoms with E-state index in [0.29, 0.717) is 0 Å². The molecule has 0 spiro atoms. The fourth-order valence-corrected chi connectivity index (χ4v) is 2.46. The zero-order chi connectivity index (χ0) is 14.1. The maximum atomic E-state index is 12.5. The van der Waals surface area contributed by atoms with Crippen molar-refractivity contribution in [2.75, 3.05) is 19.0 Å². The first-order valence-electron chi connectivity index (χ1n) is 6.56. The molecule has 100 valence electrons. The second-order valence-corrected chi connectivity index (χ2v) is 4.94. The van der Waals surface area contributed by atoms with E-state index < -0.39 is 0 Å². The van der Waals surface area contributed by atoms with Crippen molar-refractivity contribution in [2.24, 2.45) is 0 Å². The Balaban J connectivity index is 2.09. The van der Waals surface area contributed by atoms with E-state index in [1.165, 1.54) is 0 Å². The molecule has 1 aliphatic heterocycles. The molecule has 0 N–H and O–H groups in total. The smallest absolute Gasteiger partial charge is 0.268 e. The van der Waals surface area contributed by atoms with E-state index in [1.54, 1.807) is 4.90 Å². The van der Waals surface area contributed by atoms with E-state index in [1.807, 2.05) is 79.7 Å². The van der Waals surface area contributed by atoms with Gasteiger partial charge in [-0.1, -0.05) is 48.5 Å². The van der Waals surface area contributed by atoms with E-state index in [-0.39, 0.29) is 5.91 Å². The first kappa shape index (κ1) is 12.5. The zero-order valence-corrected chi connectivity index (χ0v) is 11.6. The number of benzene rings is 2. The van der Waals surface area contributed by atoms with Crippen molar-refractivity contribution in [3.05, 3.63) is 72.0 Å². The predicted molar refractivity (Wildman–Crippen MR) is 81.0 cm³/mol. The molecular formula is C17H16N2O. The number of nitrogens with zero attached hydrogens (tertiary/aromatic N) is 2. The topological polar surface area (TPSA) is 23.6 Å². The fourth-order valence-electron chi connectivity index (χ4n) is 2.46. The number of anilines is 1. The van der Waals surface area contributed by atoms with Crippen LogP contribution in [0.15, 0.2) is 66.5 Å². The Hall–Kier alpha value is -2.55. The third kappa shape index (κ3) is 1.88. The van der Waals surface area contributed by atoms with Crippen LogP contribution in [0, 0.1) is 0 Å². The summed E-state index contributed by atoms with van der Waals surface area (Å²) >= 11 is 0. The van der Waals surface area contributed by atoms with Gasteiger partial charge in [0.25, 0.3) is 5.91 Å². The minimum atomic E-state index is 0.0473. The average molecular weight is 264 g/mol. The molecule has 20 heavy (non-hydrogen) atoms. The highest BCUT2D eigenvalue weighted by Crippen LogP contribution is 2.38. The Morgan fingerprint density at radius 3 is 1.95 bits per heavy atom. The maximum absolute atomic E-state index is 12.5. The van der Waals surface area contributed by atoms with Crippen LogP contribution in [0.25, 0.3) is 5.57 Å². The van der Waals surface area contributed by atoms with Crippen LogP contribution in [0.1, 0.15) is 5.56 Å². The molecule has 2 aromatic carbocycles. The van der Waals surface area contributed by atoms with E-state index in [2.05, 4.69) is 0 Å². The molecule has 0 saturated carbocycles. The highest BCUT2D eigenvalue weighted by atomic mass is 16.2. The maximum Gasteiger partial charge on any atom is 0.268 e. The van der Waals surface area contributed by atoms with Crippen molar-refractivity contribution < 1.29 is 4.79 Å². The molecule has 0 atom stereocenters. The molecule has 1 aliphatic rings. The SMILES string of the molecule is CN(C)C1=C(c2ccccc2)C(=O)N1c1ccccc1. The van der Waals surface area contributed by atoms with Crippen molar-refractivity contribution in [1.29, 1.82) is 0 Å². The largest absolute Gasteiger partial charge is 0.363 e. The van der Waals surface area contributed by atoms with Gasteiger partial charge >= 0.3 is 0 Å². The van der Waals surface area contributed by atoms with Crippen LogP contribution in [-0.2, 0) is 4.79 Å². The lowest BCUT2D eigenvalue weighted by molar-refractivity contribution is -0.114. The van der Waals surface area contributed by atoms with Gasteiger partial charge in [0.2, 0.25) is 0 Å². The molecule has 3 nitrogen and oxygen atoms in total. The molecular weight excluding hydrogens is 248 g/mol. The zero-order valence-electron chi connectivity index (χ0n) is 11.6. The molecule has 3 heteroatoms. The van der Waals surface area contributed by atoms with E-state index >= 15 is 0 Å². The van der Waals surface area contributed by atoms with Crippen molar-refractivity contribution in [1.82, 2.24) is 4.90 Å². The Labute approximate surface area is 118 Å². The molecule has 0 aromatic heterocycles. The normalized spacial score (nSPS) is 14.3. The Morgan fingerprint density at radius 2 is 1.40 bits per heavy atom. The average Bonchev–Trinajstić information content (AvgIpc) is 2.46. The lowest BCUT2D eigenvalue weighted by Crippen LogP contribution is -2.47. The number of carbonyl (C=O) groups is 1. The second-order valence-electron chi connectivity index (χ2n) is 4.94. The minimum absolute atomic E-state index is 0.0473. The summed E-state index contributed by atoms with van der Waals surface area (Å²) < 4.78 is 0. The van der Waals surface area contributed by atoms with Gasteiger partial charge in [0.1, 0.15) is 5.82 Å². The monoisotopic (exact) mass is 264 g/mol. The van der Waals surface area contributed by atoms with Crippen LogP contribution in [-0.4, -0.2) is 24.9 Å². The Bertz CT molecular complexity index is 660. The molecule has 3 rings (SSSR count). The van der Waals surface area contributed by atoms with Gasteiger partial charge in [-0.25, -0.2) is 0 Å². The number of para-hydroxylation sites is 1. The molecule has 1 heterocycles. The Kier molecular flexibility index (Phi) is 3.03. The first-order chi connectivity index (χ1) is 9.70. The van der Waals surface area contributed by atoms with Crippen LogP contribution in [0.2, 0.25) is 0 Å². The molecule has 2 aromatic rings. The van der Waals surface area contributed by atoms with Crippen LogP contribution in [0.3, 0.4) is 0 Å². The van der Waals surface area contributed by atoms with E-state index in [9.17, 15) is 4.79 Å². The number of amides is 1. The number of hydrogen-bond acceptors (Lipinski definition) is 2. The van der Waals surface area contributed by atoms with Gasteiger partial charge in [-0.3, -0.25) is 9.69 Å². The predicted octanol–water partition coefficient (Wildman–Crippen LogP) is 2.96. The van der Waals surface area contributed by atoms with Crippen molar-refractivity contribution in [3.63, 3.8) is 0 Å². The summed E-state index contributed by atoms with van der Waals surface area (Å²) in [5, 5.41) is 0.